The number of nitrogens with one attached hydrogen (secondary N) is 2. The Morgan fingerprint density at radius 2 is 2.10 bits per heavy atom. The van der Waals surface area contributed by atoms with Crippen LogP contribution in [0.3, 0.4) is 0 Å². The van der Waals surface area contributed by atoms with Crippen LogP contribution >= 0.6 is 27.5 Å². The Morgan fingerprint density at radius 1 is 1.24 bits per heavy atom. The highest BCUT2D eigenvalue weighted by atomic mass is 79.9. The van der Waals surface area contributed by atoms with Gasteiger partial charge in [0.2, 0.25) is 0 Å². The molecule has 0 saturated heterocycles. The number of carbonyl (C=O) groups excluding carboxylic acids is 1. The summed E-state index contributed by atoms with van der Waals surface area (Å²) in [6.45, 7) is 0.979. The molecule has 0 unspecified atom stereocenters. The maximum Gasteiger partial charge on any atom is 0.256 e. The highest BCUT2D eigenvalue weighted by Crippen LogP contribution is 2.27. The fraction of sp³-hybridized carbons (Fsp3) is 0.188. The van der Waals surface area contributed by atoms with Crippen LogP contribution in [0.4, 0.5) is 11.4 Å². The summed E-state index contributed by atoms with van der Waals surface area (Å²) < 4.78 is 0.684. The molecule has 0 spiro atoms. The number of hydrogen-bond donors (Lipinski definition) is 2. The highest BCUT2D eigenvalue weighted by molar-refractivity contribution is 9.10. The number of hydrogen-bond acceptors (Lipinski definition) is 2. The van der Waals surface area contributed by atoms with Gasteiger partial charge >= 0.3 is 0 Å². The minimum atomic E-state index is -0.158. The van der Waals surface area contributed by atoms with E-state index >= 15 is 0 Å². The van der Waals surface area contributed by atoms with Crippen LogP contribution in [0, 0.1) is 0 Å². The largest absolute Gasteiger partial charge is 0.385 e. The van der Waals surface area contributed by atoms with Crippen LogP contribution < -0.4 is 10.6 Å². The first-order chi connectivity index (χ1) is 10.1. The van der Waals surface area contributed by atoms with E-state index in [2.05, 4.69) is 32.6 Å². The smallest absolute Gasteiger partial charge is 0.256 e. The summed E-state index contributed by atoms with van der Waals surface area (Å²) in [5, 5.41) is 6.87. The minimum Gasteiger partial charge on any atom is -0.385 e. The number of benzene rings is 2. The summed E-state index contributed by atoms with van der Waals surface area (Å²) in [7, 11) is 0. The average Bonchev–Trinajstić information content (AvgIpc) is 2.47. The molecule has 2 aromatic rings. The van der Waals surface area contributed by atoms with Gasteiger partial charge in [0.25, 0.3) is 5.91 Å². The first-order valence-electron chi connectivity index (χ1n) is 6.77. The third-order valence-electron chi connectivity index (χ3n) is 3.48. The lowest BCUT2D eigenvalue weighted by Crippen LogP contribution is -2.15. The van der Waals surface area contributed by atoms with Crippen LogP contribution in [0.2, 0.25) is 5.02 Å². The van der Waals surface area contributed by atoms with Crippen molar-refractivity contribution in [3.63, 3.8) is 0 Å². The van der Waals surface area contributed by atoms with Gasteiger partial charge in [-0.15, -0.1) is 0 Å². The molecule has 1 aliphatic heterocycles. The van der Waals surface area contributed by atoms with Crippen LogP contribution in [-0.2, 0) is 6.42 Å². The van der Waals surface area contributed by atoms with Gasteiger partial charge in [0, 0.05) is 27.4 Å². The van der Waals surface area contributed by atoms with Crippen molar-refractivity contribution in [3.05, 3.63) is 57.0 Å². The Morgan fingerprint density at radius 3 is 2.90 bits per heavy atom. The Hall–Kier alpha value is -1.52. The Bertz CT molecular complexity index is 703. The van der Waals surface area contributed by atoms with Crippen molar-refractivity contribution in [1.82, 2.24) is 0 Å². The number of halogens is 2. The van der Waals surface area contributed by atoms with Crippen molar-refractivity contribution < 1.29 is 4.79 Å². The molecule has 0 radical (unpaired) electrons. The second-order valence-corrected chi connectivity index (χ2v) is 6.27. The maximum atomic E-state index is 12.3. The third kappa shape index (κ3) is 3.22. The summed E-state index contributed by atoms with van der Waals surface area (Å²) >= 11 is 9.25. The number of rotatable bonds is 2. The number of carbonyl (C=O) groups is 1. The molecule has 0 aliphatic carbocycles. The molecule has 0 aromatic heterocycles. The van der Waals surface area contributed by atoms with Gasteiger partial charge in [0.15, 0.2) is 0 Å². The summed E-state index contributed by atoms with van der Waals surface area (Å²) in [5.41, 5.74) is 3.75. The van der Waals surface area contributed by atoms with E-state index in [1.54, 1.807) is 18.2 Å². The van der Waals surface area contributed by atoms with E-state index in [4.69, 9.17) is 11.6 Å². The van der Waals surface area contributed by atoms with Crippen LogP contribution in [0.5, 0.6) is 0 Å². The van der Waals surface area contributed by atoms with Crippen molar-refractivity contribution in [3.8, 4) is 0 Å². The fourth-order valence-corrected chi connectivity index (χ4v) is 3.27. The molecule has 1 aliphatic rings. The summed E-state index contributed by atoms with van der Waals surface area (Å²) in [4.78, 5) is 12.3. The van der Waals surface area contributed by atoms with E-state index in [0.717, 1.165) is 30.8 Å². The average molecular weight is 366 g/mol. The third-order valence-corrected chi connectivity index (χ3v) is 4.37. The molecule has 1 amide bonds. The molecule has 2 N–H and O–H groups in total. The number of amides is 1. The van der Waals surface area contributed by atoms with E-state index < -0.39 is 0 Å². The highest BCUT2D eigenvalue weighted by Gasteiger charge is 2.13. The topological polar surface area (TPSA) is 41.1 Å². The molecule has 21 heavy (non-hydrogen) atoms. The predicted octanol–water partition coefficient (Wildman–Crippen LogP) is 4.71. The van der Waals surface area contributed by atoms with Crippen LogP contribution in [0.15, 0.2) is 40.9 Å². The van der Waals surface area contributed by atoms with Crippen LogP contribution in [0.1, 0.15) is 22.3 Å². The molecule has 1 heterocycles. The van der Waals surface area contributed by atoms with Gasteiger partial charge < -0.3 is 10.6 Å². The molecule has 0 atom stereocenters. The van der Waals surface area contributed by atoms with Crippen molar-refractivity contribution >= 4 is 44.8 Å². The Labute approximate surface area is 136 Å². The number of anilines is 2. The number of aryl methyl sites for hydroxylation is 1. The molecule has 2 aromatic carbocycles. The quantitative estimate of drug-likeness (QED) is 0.809. The zero-order chi connectivity index (χ0) is 14.8. The Balaban J connectivity index is 1.81. The summed E-state index contributed by atoms with van der Waals surface area (Å²) in [5.74, 6) is -0.158. The molecule has 108 valence electrons. The lowest BCUT2D eigenvalue weighted by Gasteiger charge is -2.19. The molecule has 3 rings (SSSR count). The van der Waals surface area contributed by atoms with Gasteiger partial charge in [0.05, 0.1) is 5.56 Å². The lowest BCUT2D eigenvalue weighted by molar-refractivity contribution is 0.102. The van der Waals surface area contributed by atoms with Crippen LogP contribution in [-0.4, -0.2) is 12.5 Å². The summed E-state index contributed by atoms with van der Waals surface area (Å²) in [6, 6.07) is 11.1. The van der Waals surface area contributed by atoms with E-state index in [1.165, 1.54) is 5.56 Å². The normalized spacial score (nSPS) is 13.2. The number of fused-ring (bicyclic) bond motifs is 1. The second kappa shape index (κ2) is 6.08. The molecule has 5 heteroatoms. The monoisotopic (exact) mass is 364 g/mol. The van der Waals surface area contributed by atoms with Gasteiger partial charge in [-0.1, -0.05) is 17.7 Å². The first kappa shape index (κ1) is 14.4. The van der Waals surface area contributed by atoms with Crippen LogP contribution in [0.25, 0.3) is 0 Å². The Kier molecular flexibility index (Phi) is 4.17. The van der Waals surface area contributed by atoms with Gasteiger partial charge in [-0.05, 0) is 64.7 Å². The van der Waals surface area contributed by atoms with Gasteiger partial charge in [-0.2, -0.15) is 0 Å². The van der Waals surface area contributed by atoms with E-state index in [0.29, 0.717) is 15.1 Å². The first-order valence-corrected chi connectivity index (χ1v) is 7.94. The minimum absolute atomic E-state index is 0.158. The standard InChI is InChI=1S/C16H14BrClN2O/c17-14-8-11(18)4-6-13(14)16(21)20-12-5-3-10-2-1-7-19-15(10)9-12/h3-6,8-9,19H,1-2,7H2,(H,20,21). The second-order valence-electron chi connectivity index (χ2n) is 4.98. The zero-order valence-corrected chi connectivity index (χ0v) is 13.6. The summed E-state index contributed by atoms with van der Waals surface area (Å²) in [6.07, 6.45) is 2.23. The van der Waals surface area contributed by atoms with Crippen molar-refractivity contribution in [2.45, 2.75) is 12.8 Å². The van der Waals surface area contributed by atoms with E-state index in [1.807, 2.05) is 12.1 Å². The SMILES string of the molecule is O=C(Nc1ccc2c(c1)NCCC2)c1ccc(Cl)cc1Br. The van der Waals surface area contributed by atoms with Gasteiger partial charge in [-0.25, -0.2) is 0 Å². The zero-order valence-electron chi connectivity index (χ0n) is 11.2. The van der Waals surface area contributed by atoms with E-state index in [9.17, 15) is 4.79 Å². The molecular formula is C16H14BrClN2O. The molecule has 3 nitrogen and oxygen atoms in total. The van der Waals surface area contributed by atoms with Crippen molar-refractivity contribution in [2.75, 3.05) is 17.2 Å². The lowest BCUT2D eigenvalue weighted by atomic mass is 10.0. The van der Waals surface area contributed by atoms with Gasteiger partial charge in [0.1, 0.15) is 0 Å². The maximum absolute atomic E-state index is 12.3. The fourth-order valence-electron chi connectivity index (χ4n) is 2.41. The van der Waals surface area contributed by atoms with Crippen molar-refractivity contribution in [2.24, 2.45) is 0 Å². The van der Waals surface area contributed by atoms with Crippen molar-refractivity contribution in [1.29, 1.82) is 0 Å². The predicted molar refractivity (Wildman–Crippen MR) is 90.4 cm³/mol. The van der Waals surface area contributed by atoms with E-state index in [-0.39, 0.29) is 5.91 Å². The molecule has 0 saturated carbocycles. The van der Waals surface area contributed by atoms with Gasteiger partial charge in [-0.3, -0.25) is 4.79 Å². The molecule has 0 fully saturated rings. The molecular weight excluding hydrogens is 352 g/mol. The molecule has 0 bridgehead atoms.